The standard InChI is InChI=1S/C11H19N3O/c1-8(10-6-12-14-9(10)2)13-11(7-15)4-3-5-11/h6,8,13,15H,3-5,7H2,1-2H3,(H,12,14). The highest BCUT2D eigenvalue weighted by Crippen LogP contribution is 2.33. The Bertz CT molecular complexity index is 325. The SMILES string of the molecule is Cc1[nH]ncc1C(C)NC1(CO)CCC1. The maximum Gasteiger partial charge on any atom is 0.0613 e. The van der Waals surface area contributed by atoms with Crippen molar-refractivity contribution in [1.82, 2.24) is 15.5 Å². The number of hydrogen-bond acceptors (Lipinski definition) is 3. The van der Waals surface area contributed by atoms with Crippen molar-refractivity contribution < 1.29 is 5.11 Å². The maximum atomic E-state index is 9.37. The van der Waals surface area contributed by atoms with E-state index in [-0.39, 0.29) is 18.2 Å². The Balaban J connectivity index is 2.03. The van der Waals surface area contributed by atoms with Gasteiger partial charge in [-0.15, -0.1) is 0 Å². The minimum Gasteiger partial charge on any atom is -0.394 e. The monoisotopic (exact) mass is 209 g/mol. The number of aromatic nitrogens is 2. The van der Waals surface area contributed by atoms with E-state index in [9.17, 15) is 5.11 Å². The van der Waals surface area contributed by atoms with Gasteiger partial charge < -0.3 is 10.4 Å². The minimum atomic E-state index is -0.0386. The molecule has 1 fully saturated rings. The third-order valence-electron chi connectivity index (χ3n) is 3.47. The van der Waals surface area contributed by atoms with Crippen molar-refractivity contribution in [1.29, 1.82) is 0 Å². The number of nitrogens with zero attached hydrogens (tertiary/aromatic N) is 1. The van der Waals surface area contributed by atoms with Crippen molar-refractivity contribution in [2.45, 2.75) is 44.7 Å². The van der Waals surface area contributed by atoms with Crippen molar-refractivity contribution in [3.8, 4) is 0 Å². The quantitative estimate of drug-likeness (QED) is 0.700. The minimum absolute atomic E-state index is 0.0386. The molecule has 0 aliphatic heterocycles. The van der Waals surface area contributed by atoms with E-state index in [0.29, 0.717) is 0 Å². The Morgan fingerprint density at radius 2 is 2.40 bits per heavy atom. The highest BCUT2D eigenvalue weighted by Gasteiger charge is 2.37. The first kappa shape index (κ1) is 10.6. The van der Waals surface area contributed by atoms with Crippen LogP contribution < -0.4 is 5.32 Å². The molecule has 0 aromatic carbocycles. The summed E-state index contributed by atoms with van der Waals surface area (Å²) in [6.07, 6.45) is 5.22. The molecule has 0 amide bonds. The second-order valence-electron chi connectivity index (χ2n) is 4.61. The summed E-state index contributed by atoms with van der Waals surface area (Å²) in [6.45, 7) is 4.37. The lowest BCUT2D eigenvalue weighted by Crippen LogP contribution is -2.54. The van der Waals surface area contributed by atoms with Crippen LogP contribution in [0, 0.1) is 6.92 Å². The van der Waals surface area contributed by atoms with Crippen LogP contribution in [0.4, 0.5) is 0 Å². The van der Waals surface area contributed by atoms with Gasteiger partial charge in [-0.25, -0.2) is 0 Å². The van der Waals surface area contributed by atoms with Gasteiger partial charge in [0.05, 0.1) is 12.8 Å². The summed E-state index contributed by atoms with van der Waals surface area (Å²) in [5, 5.41) is 19.8. The lowest BCUT2D eigenvalue weighted by Gasteiger charge is -2.43. The zero-order valence-electron chi connectivity index (χ0n) is 9.38. The molecule has 1 aromatic rings. The predicted molar refractivity (Wildman–Crippen MR) is 58.5 cm³/mol. The largest absolute Gasteiger partial charge is 0.394 e. The number of aliphatic hydroxyl groups excluding tert-OH is 1. The molecule has 1 saturated carbocycles. The van der Waals surface area contributed by atoms with Crippen molar-refractivity contribution >= 4 is 0 Å². The molecular formula is C11H19N3O. The molecule has 0 bridgehead atoms. The van der Waals surface area contributed by atoms with E-state index in [2.05, 4.69) is 22.4 Å². The fourth-order valence-electron chi connectivity index (χ4n) is 2.29. The molecule has 1 aliphatic rings. The molecular weight excluding hydrogens is 190 g/mol. The Morgan fingerprint density at radius 1 is 1.67 bits per heavy atom. The van der Waals surface area contributed by atoms with E-state index in [1.807, 2.05) is 13.1 Å². The van der Waals surface area contributed by atoms with Crippen molar-refractivity contribution in [2.75, 3.05) is 6.61 Å². The van der Waals surface area contributed by atoms with E-state index < -0.39 is 0 Å². The Morgan fingerprint density at radius 3 is 2.80 bits per heavy atom. The number of nitrogens with one attached hydrogen (secondary N) is 2. The van der Waals surface area contributed by atoms with Gasteiger partial charge in [-0.1, -0.05) is 0 Å². The number of aliphatic hydroxyl groups is 1. The Hall–Kier alpha value is -0.870. The molecule has 2 rings (SSSR count). The van der Waals surface area contributed by atoms with E-state index in [1.165, 1.54) is 12.0 Å². The zero-order valence-corrected chi connectivity index (χ0v) is 9.38. The zero-order chi connectivity index (χ0) is 10.9. The maximum absolute atomic E-state index is 9.37. The van der Waals surface area contributed by atoms with Crippen molar-refractivity contribution in [3.05, 3.63) is 17.5 Å². The van der Waals surface area contributed by atoms with Gasteiger partial charge >= 0.3 is 0 Å². The van der Waals surface area contributed by atoms with Gasteiger partial charge in [0.25, 0.3) is 0 Å². The average Bonchev–Trinajstić information content (AvgIpc) is 2.58. The smallest absolute Gasteiger partial charge is 0.0613 e. The van der Waals surface area contributed by atoms with Crippen LogP contribution in [-0.4, -0.2) is 27.4 Å². The van der Waals surface area contributed by atoms with E-state index >= 15 is 0 Å². The lowest BCUT2D eigenvalue weighted by atomic mass is 9.76. The highest BCUT2D eigenvalue weighted by molar-refractivity contribution is 5.19. The van der Waals surface area contributed by atoms with E-state index in [0.717, 1.165) is 18.5 Å². The van der Waals surface area contributed by atoms with Gasteiger partial charge in [0.2, 0.25) is 0 Å². The summed E-state index contributed by atoms with van der Waals surface area (Å²) in [5.74, 6) is 0. The van der Waals surface area contributed by atoms with Crippen LogP contribution in [0.1, 0.15) is 43.5 Å². The summed E-state index contributed by atoms with van der Waals surface area (Å²) < 4.78 is 0. The summed E-state index contributed by atoms with van der Waals surface area (Å²) in [6, 6.07) is 0.246. The normalized spacial score (nSPS) is 21.0. The molecule has 1 heterocycles. The molecule has 3 N–H and O–H groups in total. The highest BCUT2D eigenvalue weighted by atomic mass is 16.3. The van der Waals surface area contributed by atoms with Gasteiger partial charge in [-0.2, -0.15) is 5.10 Å². The molecule has 1 aliphatic carbocycles. The second-order valence-corrected chi connectivity index (χ2v) is 4.61. The van der Waals surface area contributed by atoms with Crippen LogP contribution in [0.15, 0.2) is 6.20 Å². The molecule has 4 heteroatoms. The lowest BCUT2D eigenvalue weighted by molar-refractivity contribution is 0.0786. The number of rotatable bonds is 4. The van der Waals surface area contributed by atoms with Gasteiger partial charge in [-0.3, -0.25) is 5.10 Å². The summed E-state index contributed by atoms with van der Waals surface area (Å²) in [5.41, 5.74) is 2.25. The number of hydrogen-bond donors (Lipinski definition) is 3. The molecule has 1 unspecified atom stereocenters. The summed E-state index contributed by atoms with van der Waals surface area (Å²) in [4.78, 5) is 0. The molecule has 1 aromatic heterocycles. The molecule has 84 valence electrons. The molecule has 1 atom stereocenters. The average molecular weight is 209 g/mol. The van der Waals surface area contributed by atoms with Crippen LogP contribution >= 0.6 is 0 Å². The summed E-state index contributed by atoms with van der Waals surface area (Å²) >= 11 is 0. The van der Waals surface area contributed by atoms with Crippen molar-refractivity contribution in [3.63, 3.8) is 0 Å². The number of aromatic amines is 1. The predicted octanol–water partition coefficient (Wildman–Crippen LogP) is 1.28. The third-order valence-corrected chi connectivity index (χ3v) is 3.47. The molecule has 4 nitrogen and oxygen atoms in total. The van der Waals surface area contributed by atoms with Gasteiger partial charge in [0.15, 0.2) is 0 Å². The van der Waals surface area contributed by atoms with E-state index in [1.54, 1.807) is 0 Å². The van der Waals surface area contributed by atoms with Crippen molar-refractivity contribution in [2.24, 2.45) is 0 Å². The number of H-pyrrole nitrogens is 1. The van der Waals surface area contributed by atoms with Gasteiger partial charge in [0.1, 0.15) is 0 Å². The van der Waals surface area contributed by atoms with Crippen LogP contribution in [0.2, 0.25) is 0 Å². The number of aryl methyl sites for hydroxylation is 1. The van der Waals surface area contributed by atoms with Gasteiger partial charge in [-0.05, 0) is 33.1 Å². The molecule has 15 heavy (non-hydrogen) atoms. The first-order chi connectivity index (χ1) is 7.17. The third kappa shape index (κ3) is 1.92. The Kier molecular flexibility index (Phi) is 2.80. The van der Waals surface area contributed by atoms with Crippen LogP contribution in [0.3, 0.4) is 0 Å². The van der Waals surface area contributed by atoms with Gasteiger partial charge in [0, 0.05) is 22.8 Å². The van der Waals surface area contributed by atoms with Crippen LogP contribution in [-0.2, 0) is 0 Å². The molecule has 0 radical (unpaired) electrons. The second kappa shape index (κ2) is 3.94. The topological polar surface area (TPSA) is 60.9 Å². The van der Waals surface area contributed by atoms with E-state index in [4.69, 9.17) is 0 Å². The molecule has 0 saturated heterocycles. The van der Waals surface area contributed by atoms with Crippen LogP contribution in [0.25, 0.3) is 0 Å². The fourth-order valence-corrected chi connectivity index (χ4v) is 2.29. The summed E-state index contributed by atoms with van der Waals surface area (Å²) in [7, 11) is 0. The Labute approximate surface area is 90.1 Å². The first-order valence-electron chi connectivity index (χ1n) is 5.55. The van der Waals surface area contributed by atoms with Crippen LogP contribution in [0.5, 0.6) is 0 Å². The first-order valence-corrected chi connectivity index (χ1v) is 5.55. The fraction of sp³-hybridized carbons (Fsp3) is 0.727. The molecule has 0 spiro atoms.